The molecule has 2 N–H and O–H groups in total. The lowest BCUT2D eigenvalue weighted by Gasteiger charge is -2.10. The average molecular weight is 343 g/mol. The molecule has 0 saturated carbocycles. The summed E-state index contributed by atoms with van der Waals surface area (Å²) in [6.07, 6.45) is 2.34. The molecule has 4 rings (SSSR count). The van der Waals surface area contributed by atoms with Gasteiger partial charge in [0.1, 0.15) is 5.82 Å². The van der Waals surface area contributed by atoms with E-state index < -0.39 is 5.82 Å². The van der Waals surface area contributed by atoms with Crippen LogP contribution in [0.15, 0.2) is 36.5 Å². The smallest absolute Gasteiger partial charge is 0.253 e. The lowest BCUT2D eigenvalue weighted by molar-refractivity contribution is 0.0946. The molecule has 0 unspecified atom stereocenters. The molecule has 1 aromatic carbocycles. The maximum Gasteiger partial charge on any atom is 0.253 e. The first kappa shape index (κ1) is 14.8. The zero-order chi connectivity index (χ0) is 16.7. The van der Waals surface area contributed by atoms with Gasteiger partial charge in [0.15, 0.2) is 5.82 Å². The first-order valence-corrected chi connectivity index (χ1v) is 7.78. The minimum absolute atomic E-state index is 0.0926. The topological polar surface area (TPSA) is 70.7 Å². The van der Waals surface area contributed by atoms with E-state index in [-0.39, 0.29) is 10.9 Å². The molecule has 0 radical (unpaired) electrons. The van der Waals surface area contributed by atoms with Crippen molar-refractivity contribution in [3.63, 3.8) is 0 Å². The highest BCUT2D eigenvalue weighted by molar-refractivity contribution is 6.30. The Morgan fingerprint density at radius 3 is 2.88 bits per heavy atom. The largest absolute Gasteiger partial charge is 0.356 e. The molecule has 3 aromatic rings. The molecule has 2 aromatic heterocycles. The van der Waals surface area contributed by atoms with Crippen molar-refractivity contribution in [1.82, 2.24) is 20.3 Å². The molecule has 0 bridgehead atoms. The number of carbonyl (C=O) groups is 1. The first-order valence-electron chi connectivity index (χ1n) is 7.40. The average Bonchev–Trinajstić information content (AvgIpc) is 3.00. The van der Waals surface area contributed by atoms with Gasteiger partial charge in [0.2, 0.25) is 0 Å². The Kier molecular flexibility index (Phi) is 3.54. The summed E-state index contributed by atoms with van der Waals surface area (Å²) in [6.45, 7) is 0.614. The second-order valence-electron chi connectivity index (χ2n) is 5.50. The van der Waals surface area contributed by atoms with Crippen LogP contribution in [0.2, 0.25) is 5.02 Å². The number of rotatable bonds is 2. The summed E-state index contributed by atoms with van der Waals surface area (Å²) in [5.74, 6) is -0.172. The number of amides is 1. The van der Waals surface area contributed by atoms with E-state index in [1.54, 1.807) is 24.4 Å². The van der Waals surface area contributed by atoms with Gasteiger partial charge in [0.05, 0.1) is 17.0 Å². The van der Waals surface area contributed by atoms with Crippen molar-refractivity contribution < 1.29 is 9.18 Å². The van der Waals surface area contributed by atoms with Gasteiger partial charge < -0.3 is 10.3 Å². The molecule has 0 spiro atoms. The standard InChI is InChI=1S/C17H12ClFN4O/c18-10-5-9(6-11(19)7-10)16-20-3-2-14(23-16)15-8-12-13(22-15)1-4-21-17(12)24/h2-3,5-8,22H,1,4H2,(H,21,24). The Labute approximate surface area is 141 Å². The number of hydrogen-bond acceptors (Lipinski definition) is 3. The van der Waals surface area contributed by atoms with Crippen LogP contribution < -0.4 is 5.32 Å². The molecular formula is C17H12ClFN4O. The SMILES string of the molecule is O=C1NCCc2[nH]c(-c3ccnc(-c4cc(F)cc(Cl)c4)n3)cc21. The number of aromatic nitrogens is 3. The van der Waals surface area contributed by atoms with Gasteiger partial charge in [-0.05, 0) is 30.3 Å². The van der Waals surface area contributed by atoms with E-state index in [0.717, 1.165) is 17.8 Å². The highest BCUT2D eigenvalue weighted by atomic mass is 35.5. The van der Waals surface area contributed by atoms with Crippen molar-refractivity contribution in [3.05, 3.63) is 58.6 Å². The second-order valence-corrected chi connectivity index (χ2v) is 5.94. The minimum Gasteiger partial charge on any atom is -0.356 e. The lowest BCUT2D eigenvalue weighted by atomic mass is 10.1. The first-order chi connectivity index (χ1) is 11.6. The van der Waals surface area contributed by atoms with Gasteiger partial charge in [-0.25, -0.2) is 14.4 Å². The van der Waals surface area contributed by atoms with Crippen LogP contribution in [0.1, 0.15) is 16.1 Å². The van der Waals surface area contributed by atoms with Crippen LogP contribution in [0, 0.1) is 5.82 Å². The van der Waals surface area contributed by atoms with E-state index in [0.29, 0.717) is 29.2 Å². The molecule has 5 nitrogen and oxygen atoms in total. The number of nitrogens with zero attached hydrogens (tertiary/aromatic N) is 2. The normalized spacial score (nSPS) is 13.5. The van der Waals surface area contributed by atoms with Crippen LogP contribution in [0.5, 0.6) is 0 Å². The highest BCUT2D eigenvalue weighted by Gasteiger charge is 2.20. The fraction of sp³-hybridized carbons (Fsp3) is 0.118. The highest BCUT2D eigenvalue weighted by Crippen LogP contribution is 2.26. The molecule has 0 saturated heterocycles. The number of fused-ring (bicyclic) bond motifs is 1. The van der Waals surface area contributed by atoms with Gasteiger partial charge in [-0.15, -0.1) is 0 Å². The predicted molar refractivity (Wildman–Crippen MR) is 88.3 cm³/mol. The maximum atomic E-state index is 13.5. The van der Waals surface area contributed by atoms with E-state index >= 15 is 0 Å². The van der Waals surface area contributed by atoms with Gasteiger partial charge in [-0.2, -0.15) is 0 Å². The summed E-state index contributed by atoms with van der Waals surface area (Å²) >= 11 is 5.90. The number of carbonyl (C=O) groups excluding carboxylic acids is 1. The summed E-state index contributed by atoms with van der Waals surface area (Å²) in [4.78, 5) is 23.8. The van der Waals surface area contributed by atoms with Crippen molar-refractivity contribution in [2.45, 2.75) is 6.42 Å². The summed E-state index contributed by atoms with van der Waals surface area (Å²) < 4.78 is 13.5. The third-order valence-electron chi connectivity index (χ3n) is 3.86. The Morgan fingerprint density at radius 1 is 1.21 bits per heavy atom. The molecule has 0 aliphatic carbocycles. The third kappa shape index (κ3) is 2.65. The molecule has 24 heavy (non-hydrogen) atoms. The zero-order valence-electron chi connectivity index (χ0n) is 12.4. The van der Waals surface area contributed by atoms with Crippen molar-refractivity contribution in [3.8, 4) is 22.8 Å². The number of nitrogens with one attached hydrogen (secondary N) is 2. The Bertz CT molecular complexity index is 933. The Balaban J connectivity index is 1.77. The summed E-state index contributed by atoms with van der Waals surface area (Å²) in [5, 5.41) is 3.09. The molecule has 7 heteroatoms. The monoisotopic (exact) mass is 342 g/mol. The van der Waals surface area contributed by atoms with E-state index in [1.165, 1.54) is 12.1 Å². The second kappa shape index (κ2) is 5.72. The van der Waals surface area contributed by atoms with E-state index in [1.807, 2.05) is 0 Å². The van der Waals surface area contributed by atoms with Gasteiger partial charge in [0, 0.05) is 35.4 Å². The molecule has 0 atom stereocenters. The molecular weight excluding hydrogens is 331 g/mol. The van der Waals surface area contributed by atoms with Crippen molar-refractivity contribution >= 4 is 17.5 Å². The molecule has 3 heterocycles. The number of benzene rings is 1. The number of halogens is 2. The summed E-state index contributed by atoms with van der Waals surface area (Å²) in [5.41, 5.74) is 3.37. The van der Waals surface area contributed by atoms with Crippen molar-refractivity contribution in [2.24, 2.45) is 0 Å². The zero-order valence-corrected chi connectivity index (χ0v) is 13.2. The minimum atomic E-state index is -0.446. The third-order valence-corrected chi connectivity index (χ3v) is 4.08. The number of hydrogen-bond donors (Lipinski definition) is 2. The lowest BCUT2D eigenvalue weighted by Crippen LogP contribution is -2.31. The predicted octanol–water partition coefficient (Wildman–Crippen LogP) is 3.22. The Morgan fingerprint density at radius 2 is 2.08 bits per heavy atom. The van der Waals surface area contributed by atoms with Gasteiger partial charge >= 0.3 is 0 Å². The van der Waals surface area contributed by atoms with E-state index in [4.69, 9.17) is 11.6 Å². The van der Waals surface area contributed by atoms with Crippen LogP contribution in [-0.4, -0.2) is 27.4 Å². The summed E-state index contributed by atoms with van der Waals surface area (Å²) in [6, 6.07) is 7.68. The fourth-order valence-electron chi connectivity index (χ4n) is 2.76. The van der Waals surface area contributed by atoms with Crippen LogP contribution in [0.25, 0.3) is 22.8 Å². The quantitative estimate of drug-likeness (QED) is 0.751. The molecule has 120 valence electrons. The molecule has 1 amide bonds. The van der Waals surface area contributed by atoms with Gasteiger partial charge in [0.25, 0.3) is 5.91 Å². The molecule has 1 aliphatic rings. The summed E-state index contributed by atoms with van der Waals surface area (Å²) in [7, 11) is 0. The van der Waals surface area contributed by atoms with Gasteiger partial charge in [-0.3, -0.25) is 4.79 Å². The Hall–Kier alpha value is -2.73. The van der Waals surface area contributed by atoms with Crippen LogP contribution in [0.4, 0.5) is 4.39 Å². The van der Waals surface area contributed by atoms with Crippen molar-refractivity contribution in [1.29, 1.82) is 0 Å². The van der Waals surface area contributed by atoms with Crippen LogP contribution in [0.3, 0.4) is 0 Å². The van der Waals surface area contributed by atoms with Crippen LogP contribution in [-0.2, 0) is 6.42 Å². The van der Waals surface area contributed by atoms with Crippen molar-refractivity contribution in [2.75, 3.05) is 6.54 Å². The fourth-order valence-corrected chi connectivity index (χ4v) is 2.98. The van der Waals surface area contributed by atoms with E-state index in [2.05, 4.69) is 20.3 Å². The van der Waals surface area contributed by atoms with E-state index in [9.17, 15) is 9.18 Å². The number of H-pyrrole nitrogens is 1. The molecule has 1 aliphatic heterocycles. The van der Waals surface area contributed by atoms with Crippen LogP contribution >= 0.6 is 11.6 Å². The van der Waals surface area contributed by atoms with Gasteiger partial charge in [-0.1, -0.05) is 11.6 Å². The maximum absolute atomic E-state index is 13.5. The number of aromatic amines is 1. The molecule has 0 fully saturated rings.